The molecule has 0 saturated carbocycles. The molecule has 0 spiro atoms. The molecule has 0 atom stereocenters. The molecule has 0 saturated heterocycles. The normalized spacial score (nSPS) is 10.3. The number of rotatable bonds is 13. The van der Waals surface area contributed by atoms with Crippen molar-refractivity contribution in [2.75, 3.05) is 41.4 Å². The molecule has 0 unspecified atom stereocenters. The Kier molecular flexibility index (Phi) is 9.40. The molecule has 2 aromatic rings. The zero-order valence-electron chi connectivity index (χ0n) is 18.8. The monoisotopic (exact) mass is 441 g/mol. The van der Waals surface area contributed by atoms with Crippen LogP contribution in [-0.4, -0.2) is 48.2 Å². The molecule has 0 radical (unpaired) electrons. The van der Waals surface area contributed by atoms with Crippen LogP contribution in [0.3, 0.4) is 0 Å². The van der Waals surface area contributed by atoms with Gasteiger partial charge in [-0.05, 0) is 24.1 Å². The lowest BCUT2D eigenvalue weighted by atomic mass is 10.1. The lowest BCUT2D eigenvalue weighted by molar-refractivity contribution is -0.117. The Morgan fingerprint density at radius 1 is 1.16 bits per heavy atom. The second kappa shape index (κ2) is 12.2. The minimum absolute atomic E-state index is 0.00651. The first-order chi connectivity index (χ1) is 15.4. The fourth-order valence-electron chi connectivity index (χ4n) is 2.90. The van der Waals surface area contributed by atoms with Crippen LogP contribution >= 0.6 is 0 Å². The number of aromatic nitrogens is 2. The van der Waals surface area contributed by atoms with Gasteiger partial charge in [0, 0.05) is 25.6 Å². The Morgan fingerprint density at radius 2 is 1.88 bits per heavy atom. The van der Waals surface area contributed by atoms with Crippen molar-refractivity contribution in [2.45, 2.75) is 39.7 Å². The van der Waals surface area contributed by atoms with Crippen molar-refractivity contribution >= 4 is 41.4 Å². The van der Waals surface area contributed by atoms with E-state index >= 15 is 0 Å². The topological polar surface area (TPSA) is 142 Å². The minimum atomic E-state index is -0.325. The van der Waals surface area contributed by atoms with E-state index in [1.807, 2.05) is 0 Å². The van der Waals surface area contributed by atoms with Gasteiger partial charge in [0.25, 0.3) is 5.91 Å². The molecule has 2 amide bonds. The number of amides is 2. The van der Waals surface area contributed by atoms with Crippen molar-refractivity contribution in [2.24, 2.45) is 0 Å². The van der Waals surface area contributed by atoms with E-state index in [-0.39, 0.29) is 30.6 Å². The molecule has 0 aliphatic heterocycles. The van der Waals surface area contributed by atoms with Crippen molar-refractivity contribution in [3.05, 3.63) is 35.4 Å². The van der Waals surface area contributed by atoms with Crippen LogP contribution in [0, 0.1) is 0 Å². The number of nitrogen functional groups attached to an aromatic ring is 1. The van der Waals surface area contributed by atoms with Gasteiger partial charge < -0.3 is 21.7 Å². The Hall–Kier alpha value is -3.69. The minimum Gasteiger partial charge on any atom is -0.382 e. The predicted octanol–water partition coefficient (Wildman–Crippen LogP) is 2.18. The Balaban J connectivity index is 2.18. The molecule has 32 heavy (non-hydrogen) atoms. The van der Waals surface area contributed by atoms with E-state index in [2.05, 4.69) is 32.8 Å². The maximum atomic E-state index is 12.2. The SMILES string of the molecule is CCCCNc1nc(N)c(NC)c(N(C=O)Cc2ccc(C(=O)NCC(=O)CC)cc2)n1. The third-order valence-electron chi connectivity index (χ3n) is 4.79. The fourth-order valence-corrected chi connectivity index (χ4v) is 2.90. The first-order valence-electron chi connectivity index (χ1n) is 10.6. The van der Waals surface area contributed by atoms with Crippen LogP contribution in [0.1, 0.15) is 49.0 Å². The smallest absolute Gasteiger partial charge is 0.251 e. The fraction of sp³-hybridized carbons (Fsp3) is 0.409. The van der Waals surface area contributed by atoms with Crippen LogP contribution < -0.4 is 26.6 Å². The number of hydrogen-bond acceptors (Lipinski definition) is 8. The molecule has 0 aliphatic rings. The lowest BCUT2D eigenvalue weighted by Gasteiger charge is -2.21. The first kappa shape index (κ1) is 24.6. The van der Waals surface area contributed by atoms with Crippen molar-refractivity contribution in [1.29, 1.82) is 0 Å². The maximum Gasteiger partial charge on any atom is 0.251 e. The number of nitrogens with two attached hydrogens (primary N) is 1. The summed E-state index contributed by atoms with van der Waals surface area (Å²) in [7, 11) is 1.68. The average Bonchev–Trinajstić information content (AvgIpc) is 2.81. The van der Waals surface area contributed by atoms with E-state index in [9.17, 15) is 14.4 Å². The van der Waals surface area contributed by atoms with Crippen LogP contribution in [-0.2, 0) is 16.1 Å². The summed E-state index contributed by atoms with van der Waals surface area (Å²) in [5.74, 6) is 0.579. The second-order valence-electron chi connectivity index (χ2n) is 7.17. The maximum absolute atomic E-state index is 12.2. The number of anilines is 4. The first-order valence-corrected chi connectivity index (χ1v) is 10.6. The van der Waals surface area contributed by atoms with E-state index in [0.29, 0.717) is 42.4 Å². The summed E-state index contributed by atoms with van der Waals surface area (Å²) in [5.41, 5.74) is 7.74. The summed E-state index contributed by atoms with van der Waals surface area (Å²) in [6.45, 7) is 4.76. The summed E-state index contributed by atoms with van der Waals surface area (Å²) < 4.78 is 0. The van der Waals surface area contributed by atoms with Gasteiger partial charge >= 0.3 is 0 Å². The van der Waals surface area contributed by atoms with Crippen molar-refractivity contribution in [3.8, 4) is 0 Å². The van der Waals surface area contributed by atoms with Crippen molar-refractivity contribution < 1.29 is 14.4 Å². The number of benzene rings is 1. The van der Waals surface area contributed by atoms with Crippen LogP contribution in [0.2, 0.25) is 0 Å². The molecular formula is C22H31N7O3. The van der Waals surface area contributed by atoms with E-state index in [1.54, 1.807) is 38.2 Å². The number of hydrogen-bond donors (Lipinski definition) is 4. The van der Waals surface area contributed by atoms with Crippen molar-refractivity contribution in [3.63, 3.8) is 0 Å². The van der Waals surface area contributed by atoms with E-state index in [1.165, 1.54) is 4.90 Å². The Labute approximate surface area is 188 Å². The molecule has 0 bridgehead atoms. The van der Waals surface area contributed by atoms with Gasteiger partial charge in [0.2, 0.25) is 12.4 Å². The van der Waals surface area contributed by atoms with Crippen LogP contribution in [0.5, 0.6) is 0 Å². The van der Waals surface area contributed by atoms with Crippen molar-refractivity contribution in [1.82, 2.24) is 15.3 Å². The van der Waals surface area contributed by atoms with Crippen LogP contribution in [0.25, 0.3) is 0 Å². The molecule has 172 valence electrons. The van der Waals surface area contributed by atoms with Gasteiger partial charge in [-0.1, -0.05) is 32.4 Å². The molecule has 0 aliphatic carbocycles. The lowest BCUT2D eigenvalue weighted by Crippen LogP contribution is -2.29. The number of Topliss-reactive ketones (excluding diaryl/α,β-unsaturated/α-hetero) is 1. The van der Waals surface area contributed by atoms with Gasteiger partial charge in [-0.2, -0.15) is 9.97 Å². The van der Waals surface area contributed by atoms with Crippen LogP contribution in [0.4, 0.5) is 23.3 Å². The number of nitrogens with one attached hydrogen (secondary N) is 3. The molecule has 1 aromatic carbocycles. The number of carbonyl (C=O) groups is 3. The highest BCUT2D eigenvalue weighted by molar-refractivity contribution is 5.96. The van der Waals surface area contributed by atoms with Gasteiger partial charge in [-0.3, -0.25) is 19.3 Å². The highest BCUT2D eigenvalue weighted by Gasteiger charge is 2.18. The third kappa shape index (κ3) is 6.66. The van der Waals surface area contributed by atoms with E-state index in [0.717, 1.165) is 18.4 Å². The zero-order valence-corrected chi connectivity index (χ0v) is 18.8. The third-order valence-corrected chi connectivity index (χ3v) is 4.79. The standard InChI is InChI=1S/C22H31N7O3/c1-4-6-11-25-22-27-19(23)18(24-3)20(28-22)29(14-30)13-15-7-9-16(10-8-15)21(32)26-12-17(31)5-2/h7-10,14,24H,4-6,11-13H2,1-3H3,(H,26,32)(H3,23,25,27,28). The molecular weight excluding hydrogens is 410 g/mol. The molecule has 1 heterocycles. The summed E-state index contributed by atoms with van der Waals surface area (Å²) in [5, 5.41) is 8.67. The Bertz CT molecular complexity index is 932. The Morgan fingerprint density at radius 3 is 2.47 bits per heavy atom. The highest BCUT2D eigenvalue weighted by atomic mass is 16.2. The second-order valence-corrected chi connectivity index (χ2v) is 7.17. The van der Waals surface area contributed by atoms with Gasteiger partial charge in [0.1, 0.15) is 5.69 Å². The number of ketones is 1. The quantitative estimate of drug-likeness (QED) is 0.274. The zero-order chi connectivity index (χ0) is 23.5. The van der Waals surface area contributed by atoms with Gasteiger partial charge in [-0.15, -0.1) is 0 Å². The summed E-state index contributed by atoms with van der Waals surface area (Å²) in [6, 6.07) is 6.79. The molecule has 10 nitrogen and oxygen atoms in total. The average molecular weight is 442 g/mol. The molecule has 2 rings (SSSR count). The molecule has 10 heteroatoms. The number of carbonyl (C=O) groups excluding carboxylic acids is 3. The van der Waals surface area contributed by atoms with Gasteiger partial charge in [0.15, 0.2) is 17.4 Å². The largest absolute Gasteiger partial charge is 0.382 e. The highest BCUT2D eigenvalue weighted by Crippen LogP contribution is 2.30. The van der Waals surface area contributed by atoms with Gasteiger partial charge in [-0.25, -0.2) is 0 Å². The summed E-state index contributed by atoms with van der Waals surface area (Å²) in [4.78, 5) is 45.6. The molecule has 0 fully saturated rings. The number of unbranched alkanes of at least 4 members (excludes halogenated alkanes) is 1. The van der Waals surface area contributed by atoms with E-state index in [4.69, 9.17) is 5.73 Å². The predicted molar refractivity (Wildman–Crippen MR) is 126 cm³/mol. The van der Waals surface area contributed by atoms with E-state index < -0.39 is 0 Å². The summed E-state index contributed by atoms with van der Waals surface area (Å²) >= 11 is 0. The number of nitrogens with zero attached hydrogens (tertiary/aromatic N) is 3. The van der Waals surface area contributed by atoms with Gasteiger partial charge in [0.05, 0.1) is 13.1 Å². The van der Waals surface area contributed by atoms with Crippen LogP contribution in [0.15, 0.2) is 24.3 Å². The molecule has 5 N–H and O–H groups in total. The summed E-state index contributed by atoms with van der Waals surface area (Å²) in [6.07, 6.45) is 3.03. The molecule has 1 aromatic heterocycles.